The Hall–Kier alpha value is -2.53. The van der Waals surface area contributed by atoms with Gasteiger partial charge in [0.15, 0.2) is 0 Å². The average molecular weight is 305 g/mol. The number of aromatic carboxylic acids is 1. The van der Waals surface area contributed by atoms with Gasteiger partial charge in [-0.15, -0.1) is 0 Å². The lowest BCUT2D eigenvalue weighted by Gasteiger charge is -1.99. The first-order valence-corrected chi connectivity index (χ1v) is 6.51. The van der Waals surface area contributed by atoms with E-state index < -0.39 is 5.97 Å². The Balaban J connectivity index is 0.000000155. The number of carboxylic acids is 1. The molecule has 0 amide bonds. The number of hydrogen-bond donors (Lipinski definition) is 2. The Labute approximate surface area is 126 Å². The Morgan fingerprint density at radius 2 is 2.10 bits per heavy atom. The molecule has 0 unspecified atom stereocenters. The van der Waals surface area contributed by atoms with Crippen molar-refractivity contribution in [3.05, 3.63) is 70.1 Å². The van der Waals surface area contributed by atoms with Crippen LogP contribution in [0.1, 0.15) is 15.9 Å². The average Bonchev–Trinajstić information content (AvgIpc) is 2.83. The number of halogens is 1. The van der Waals surface area contributed by atoms with Crippen LogP contribution in [-0.2, 0) is 0 Å². The number of fused-ring (bicyclic) bond motifs is 1. The number of pyridine rings is 1. The Kier molecular flexibility index (Phi) is 4.45. The van der Waals surface area contributed by atoms with Crippen molar-refractivity contribution in [2.24, 2.45) is 0 Å². The van der Waals surface area contributed by atoms with Gasteiger partial charge < -0.3 is 10.3 Å². The maximum Gasteiger partial charge on any atom is 0.335 e. The van der Waals surface area contributed by atoms with Gasteiger partial charge in [0.05, 0.1) is 23.3 Å². The lowest BCUT2D eigenvalue weighted by Crippen LogP contribution is -2.25. The molecule has 6 heteroatoms. The van der Waals surface area contributed by atoms with Crippen molar-refractivity contribution in [3.63, 3.8) is 0 Å². The Morgan fingerprint density at radius 3 is 2.67 bits per heavy atom. The minimum atomic E-state index is -0.956. The van der Waals surface area contributed by atoms with E-state index in [9.17, 15) is 10.0 Å². The van der Waals surface area contributed by atoms with Crippen molar-refractivity contribution < 1.29 is 14.6 Å². The number of benzene rings is 1. The summed E-state index contributed by atoms with van der Waals surface area (Å²) < 4.78 is 0.836. The van der Waals surface area contributed by atoms with Crippen LogP contribution in [0.3, 0.4) is 0 Å². The van der Waals surface area contributed by atoms with E-state index in [-0.39, 0.29) is 5.56 Å². The molecule has 0 aliphatic carbocycles. The van der Waals surface area contributed by atoms with Crippen LogP contribution in [0.15, 0.2) is 48.8 Å². The molecule has 2 heterocycles. The normalized spacial score (nSPS) is 10.0. The maximum absolute atomic E-state index is 11.1. The SMILES string of the molecule is Cc1c[nH]c2c1ccc[n+]2[O-].O=C(O)c1cccc(Cl)c1. The smallest absolute Gasteiger partial charge is 0.335 e. The molecule has 0 atom stereocenters. The van der Waals surface area contributed by atoms with E-state index in [0.717, 1.165) is 15.7 Å². The van der Waals surface area contributed by atoms with Crippen LogP contribution < -0.4 is 4.73 Å². The topological polar surface area (TPSA) is 80.0 Å². The predicted molar refractivity (Wildman–Crippen MR) is 80.4 cm³/mol. The molecular formula is C15H13ClN2O3. The monoisotopic (exact) mass is 304 g/mol. The third-order valence-electron chi connectivity index (χ3n) is 2.88. The first-order chi connectivity index (χ1) is 9.99. The largest absolute Gasteiger partial charge is 0.711 e. The van der Waals surface area contributed by atoms with Crippen LogP contribution >= 0.6 is 11.6 Å². The van der Waals surface area contributed by atoms with E-state index in [1.807, 2.05) is 19.2 Å². The third kappa shape index (κ3) is 3.52. The Bertz CT molecular complexity index is 783. The number of aromatic nitrogens is 2. The molecule has 1 aromatic carbocycles. The van der Waals surface area contributed by atoms with Gasteiger partial charge in [0.25, 0.3) is 5.65 Å². The predicted octanol–water partition coefficient (Wildman–Crippen LogP) is 3.15. The van der Waals surface area contributed by atoms with Crippen molar-refractivity contribution in [1.29, 1.82) is 0 Å². The molecule has 0 saturated heterocycles. The van der Waals surface area contributed by atoms with Crippen LogP contribution in [0.4, 0.5) is 0 Å². The van der Waals surface area contributed by atoms with Crippen LogP contribution in [0.2, 0.25) is 5.02 Å². The molecule has 5 nitrogen and oxygen atoms in total. The summed E-state index contributed by atoms with van der Waals surface area (Å²) in [7, 11) is 0. The Morgan fingerprint density at radius 1 is 1.33 bits per heavy atom. The van der Waals surface area contributed by atoms with Gasteiger partial charge in [-0.1, -0.05) is 17.7 Å². The molecule has 108 valence electrons. The summed E-state index contributed by atoms with van der Waals surface area (Å²) in [6.45, 7) is 1.97. The second-order valence-electron chi connectivity index (χ2n) is 4.38. The number of nitrogens with zero attached hydrogens (tertiary/aromatic N) is 1. The number of rotatable bonds is 1. The van der Waals surface area contributed by atoms with Gasteiger partial charge in [0.1, 0.15) is 0 Å². The minimum absolute atomic E-state index is 0.215. The van der Waals surface area contributed by atoms with Gasteiger partial charge >= 0.3 is 5.97 Å². The van der Waals surface area contributed by atoms with E-state index >= 15 is 0 Å². The molecule has 21 heavy (non-hydrogen) atoms. The standard InChI is InChI=1S/C8H8N2O.C7H5ClO2/c1-6-5-9-8-7(6)3-2-4-10(8)11;8-6-3-1-2-5(4-6)7(9)10/h2-5,9H,1H3;1-4H,(H,9,10). The summed E-state index contributed by atoms with van der Waals surface area (Å²) in [5, 5.41) is 21.0. The molecule has 3 aromatic rings. The number of aromatic amines is 1. The van der Waals surface area contributed by atoms with E-state index in [1.54, 1.807) is 18.2 Å². The zero-order valence-corrected chi connectivity index (χ0v) is 12.0. The number of carbonyl (C=O) groups is 1. The lowest BCUT2D eigenvalue weighted by atomic mass is 10.2. The molecular weight excluding hydrogens is 292 g/mol. The molecule has 0 bridgehead atoms. The third-order valence-corrected chi connectivity index (χ3v) is 3.12. The van der Waals surface area contributed by atoms with Crippen LogP contribution in [0, 0.1) is 12.1 Å². The number of nitrogens with one attached hydrogen (secondary N) is 1. The highest BCUT2D eigenvalue weighted by atomic mass is 35.5. The molecule has 0 radical (unpaired) electrons. The minimum Gasteiger partial charge on any atom is -0.711 e. The molecule has 3 rings (SSSR count). The van der Waals surface area contributed by atoms with E-state index in [0.29, 0.717) is 10.7 Å². The van der Waals surface area contributed by atoms with Crippen molar-refractivity contribution >= 4 is 28.6 Å². The first kappa shape index (κ1) is 14.9. The summed E-state index contributed by atoms with van der Waals surface area (Å²) in [4.78, 5) is 13.2. The molecule has 0 aliphatic rings. The maximum atomic E-state index is 11.1. The molecule has 0 fully saturated rings. The van der Waals surface area contributed by atoms with Gasteiger partial charge in [-0.3, -0.25) is 0 Å². The number of hydrogen-bond acceptors (Lipinski definition) is 2. The number of carboxylic acid groups (broad SMARTS) is 1. The van der Waals surface area contributed by atoms with Gasteiger partial charge in [-0.25, -0.2) is 14.5 Å². The highest BCUT2D eigenvalue weighted by molar-refractivity contribution is 6.30. The summed E-state index contributed by atoms with van der Waals surface area (Å²) in [6.07, 6.45) is 3.32. The molecule has 2 N–H and O–H groups in total. The highest BCUT2D eigenvalue weighted by Crippen LogP contribution is 2.12. The van der Waals surface area contributed by atoms with Gasteiger partial charge in [-0.05, 0) is 37.3 Å². The van der Waals surface area contributed by atoms with Crippen molar-refractivity contribution in [2.75, 3.05) is 0 Å². The van der Waals surface area contributed by atoms with E-state index in [2.05, 4.69) is 4.98 Å². The number of aryl methyl sites for hydroxylation is 1. The summed E-state index contributed by atoms with van der Waals surface area (Å²) in [5.41, 5.74) is 1.95. The number of H-pyrrole nitrogens is 1. The van der Waals surface area contributed by atoms with Crippen molar-refractivity contribution in [2.45, 2.75) is 6.92 Å². The molecule has 2 aromatic heterocycles. The lowest BCUT2D eigenvalue weighted by molar-refractivity contribution is -0.579. The van der Waals surface area contributed by atoms with Crippen LogP contribution in [-0.4, -0.2) is 16.1 Å². The van der Waals surface area contributed by atoms with Gasteiger partial charge in [-0.2, -0.15) is 0 Å². The van der Waals surface area contributed by atoms with Crippen LogP contribution in [0.25, 0.3) is 11.0 Å². The quantitative estimate of drug-likeness (QED) is 0.535. The van der Waals surface area contributed by atoms with Gasteiger partial charge in [0, 0.05) is 10.6 Å². The summed E-state index contributed by atoms with van der Waals surface area (Å²) >= 11 is 5.53. The van der Waals surface area contributed by atoms with E-state index in [1.165, 1.54) is 18.3 Å². The zero-order chi connectivity index (χ0) is 15.4. The summed E-state index contributed by atoms with van der Waals surface area (Å²) in [5.74, 6) is -0.956. The second-order valence-corrected chi connectivity index (χ2v) is 4.82. The zero-order valence-electron chi connectivity index (χ0n) is 11.2. The van der Waals surface area contributed by atoms with Crippen molar-refractivity contribution in [1.82, 2.24) is 4.98 Å². The summed E-state index contributed by atoms with van der Waals surface area (Å²) in [6, 6.07) is 9.81. The second kappa shape index (κ2) is 6.28. The fraction of sp³-hybridized carbons (Fsp3) is 0.0667. The molecule has 0 aliphatic heterocycles. The fourth-order valence-electron chi connectivity index (χ4n) is 1.83. The fourth-order valence-corrected chi connectivity index (χ4v) is 2.02. The van der Waals surface area contributed by atoms with E-state index in [4.69, 9.17) is 16.7 Å². The van der Waals surface area contributed by atoms with Crippen LogP contribution in [0.5, 0.6) is 0 Å². The van der Waals surface area contributed by atoms with Crippen molar-refractivity contribution in [3.8, 4) is 0 Å². The molecule has 0 spiro atoms. The highest BCUT2D eigenvalue weighted by Gasteiger charge is 2.05. The molecule has 0 saturated carbocycles. The van der Waals surface area contributed by atoms with Gasteiger partial charge in [0.2, 0.25) is 0 Å². The first-order valence-electron chi connectivity index (χ1n) is 6.14.